The van der Waals surface area contributed by atoms with Crippen molar-refractivity contribution in [3.8, 4) is 5.95 Å². The quantitative estimate of drug-likeness (QED) is 0.674. The number of rotatable bonds is 4. The van der Waals surface area contributed by atoms with Crippen molar-refractivity contribution < 1.29 is 19.1 Å². The van der Waals surface area contributed by atoms with E-state index in [1.165, 1.54) is 4.68 Å². The highest BCUT2D eigenvalue weighted by molar-refractivity contribution is 5.88. The molecule has 0 radical (unpaired) electrons. The summed E-state index contributed by atoms with van der Waals surface area (Å²) in [7, 11) is 0. The van der Waals surface area contributed by atoms with Crippen LogP contribution < -0.4 is 15.5 Å². The summed E-state index contributed by atoms with van der Waals surface area (Å²) in [6.07, 6.45) is 3.47. The average Bonchev–Trinajstić information content (AvgIpc) is 3.25. The molecular formula is C23H34N8O4. The molecule has 190 valence electrons. The van der Waals surface area contributed by atoms with Crippen LogP contribution in [0.3, 0.4) is 0 Å². The molecule has 2 aliphatic heterocycles. The molecule has 12 nitrogen and oxygen atoms in total. The van der Waals surface area contributed by atoms with Crippen molar-refractivity contribution in [3.05, 3.63) is 23.7 Å². The van der Waals surface area contributed by atoms with Gasteiger partial charge in [0.25, 0.3) is 5.95 Å². The monoisotopic (exact) mass is 486 g/mol. The topological polar surface area (TPSA) is 127 Å². The number of urea groups is 1. The Hall–Kier alpha value is -3.41. The van der Waals surface area contributed by atoms with Crippen LogP contribution in [-0.4, -0.2) is 81.3 Å². The van der Waals surface area contributed by atoms with E-state index in [9.17, 15) is 9.59 Å². The lowest BCUT2D eigenvalue weighted by Gasteiger charge is -2.37. The molecule has 2 aromatic rings. The van der Waals surface area contributed by atoms with Gasteiger partial charge in [-0.3, -0.25) is 0 Å². The molecule has 3 amide bonds. The lowest BCUT2D eigenvalue weighted by atomic mass is 10.0. The molecule has 35 heavy (non-hydrogen) atoms. The molecule has 0 bridgehead atoms. The summed E-state index contributed by atoms with van der Waals surface area (Å²) in [6, 6.07) is -0.165. The second kappa shape index (κ2) is 10.1. The summed E-state index contributed by atoms with van der Waals surface area (Å²) < 4.78 is 12.7. The number of ether oxygens (including phenoxy) is 2. The molecule has 1 atom stereocenters. The van der Waals surface area contributed by atoms with E-state index in [4.69, 9.17) is 19.4 Å². The standard InChI is InChI=1S/C23H34N8O4/c1-6-24-21(32)26-16-11-25-31(12-16)20-27-18-13-29(22(33)35-23(3,4)5)8-7-17(18)19(28-20)30-9-10-34-14-15(30)2/h11-12,15H,6-10,13-14H2,1-5H3,(H2,24,26,32). The molecular weight excluding hydrogens is 452 g/mol. The Morgan fingerprint density at radius 2 is 2.06 bits per heavy atom. The third-order valence-corrected chi connectivity index (χ3v) is 5.71. The lowest BCUT2D eigenvalue weighted by Crippen LogP contribution is -2.46. The van der Waals surface area contributed by atoms with Gasteiger partial charge in [0.2, 0.25) is 0 Å². The summed E-state index contributed by atoms with van der Waals surface area (Å²) in [5.74, 6) is 1.20. The highest BCUT2D eigenvalue weighted by Crippen LogP contribution is 2.30. The Balaban J connectivity index is 1.67. The largest absolute Gasteiger partial charge is 0.444 e. The number of nitrogens with zero attached hydrogens (tertiary/aromatic N) is 6. The van der Waals surface area contributed by atoms with Crippen molar-refractivity contribution in [1.29, 1.82) is 0 Å². The first-order valence-corrected chi connectivity index (χ1v) is 12.0. The minimum absolute atomic E-state index is 0.145. The van der Waals surface area contributed by atoms with Gasteiger partial charge in [0, 0.05) is 25.2 Å². The highest BCUT2D eigenvalue weighted by Gasteiger charge is 2.32. The second-order valence-electron chi connectivity index (χ2n) is 9.70. The van der Waals surface area contributed by atoms with E-state index >= 15 is 0 Å². The third kappa shape index (κ3) is 5.81. The number of carbonyl (C=O) groups is 2. The molecule has 0 aliphatic carbocycles. The fourth-order valence-electron chi connectivity index (χ4n) is 4.09. The van der Waals surface area contributed by atoms with Gasteiger partial charge >= 0.3 is 12.1 Å². The number of morpholine rings is 1. The van der Waals surface area contributed by atoms with E-state index in [0.29, 0.717) is 57.4 Å². The van der Waals surface area contributed by atoms with Gasteiger partial charge in [-0.15, -0.1) is 0 Å². The van der Waals surface area contributed by atoms with E-state index in [2.05, 4.69) is 27.6 Å². The number of nitrogens with one attached hydrogen (secondary N) is 2. The molecule has 2 N–H and O–H groups in total. The maximum absolute atomic E-state index is 12.7. The summed E-state index contributed by atoms with van der Waals surface area (Å²) in [5.41, 5.74) is 1.73. The highest BCUT2D eigenvalue weighted by atomic mass is 16.6. The van der Waals surface area contributed by atoms with Crippen LogP contribution in [0.5, 0.6) is 0 Å². The molecule has 4 rings (SSSR count). The van der Waals surface area contributed by atoms with Crippen molar-refractivity contribution in [2.24, 2.45) is 0 Å². The molecule has 4 heterocycles. The summed E-state index contributed by atoms with van der Waals surface area (Å²) >= 11 is 0. The Morgan fingerprint density at radius 1 is 1.26 bits per heavy atom. The van der Waals surface area contributed by atoms with Crippen LogP contribution >= 0.6 is 0 Å². The van der Waals surface area contributed by atoms with Crippen LogP contribution in [0.25, 0.3) is 5.95 Å². The molecule has 1 fully saturated rings. The zero-order valence-corrected chi connectivity index (χ0v) is 21.0. The number of hydrogen-bond acceptors (Lipinski definition) is 8. The van der Waals surface area contributed by atoms with Crippen LogP contribution in [0.15, 0.2) is 12.4 Å². The van der Waals surface area contributed by atoms with Crippen LogP contribution in [0.1, 0.15) is 45.9 Å². The van der Waals surface area contributed by atoms with Crippen molar-refractivity contribution in [2.75, 3.05) is 43.1 Å². The number of anilines is 2. The van der Waals surface area contributed by atoms with E-state index in [1.54, 1.807) is 17.3 Å². The van der Waals surface area contributed by atoms with E-state index < -0.39 is 5.60 Å². The van der Waals surface area contributed by atoms with Crippen molar-refractivity contribution in [1.82, 2.24) is 30.0 Å². The van der Waals surface area contributed by atoms with Gasteiger partial charge in [-0.05, 0) is 41.0 Å². The minimum atomic E-state index is -0.578. The lowest BCUT2D eigenvalue weighted by molar-refractivity contribution is 0.0220. The molecule has 2 aromatic heterocycles. The van der Waals surface area contributed by atoms with Gasteiger partial charge < -0.3 is 29.9 Å². The summed E-state index contributed by atoms with van der Waals surface area (Å²) in [4.78, 5) is 38.2. The maximum atomic E-state index is 12.7. The molecule has 0 aromatic carbocycles. The van der Waals surface area contributed by atoms with Crippen LogP contribution in [0.4, 0.5) is 21.1 Å². The van der Waals surface area contributed by atoms with Gasteiger partial charge in [0.1, 0.15) is 11.4 Å². The number of hydrogen-bond donors (Lipinski definition) is 2. The first-order chi connectivity index (χ1) is 16.6. The van der Waals surface area contributed by atoms with Gasteiger partial charge in [-0.25, -0.2) is 19.3 Å². The molecule has 0 spiro atoms. The summed E-state index contributed by atoms with van der Waals surface area (Å²) in [6.45, 7) is 12.8. The molecule has 0 saturated carbocycles. The Kier molecular flexibility index (Phi) is 7.10. The van der Waals surface area contributed by atoms with Crippen molar-refractivity contribution in [3.63, 3.8) is 0 Å². The SMILES string of the molecule is CCNC(=O)Nc1cnn(-c2nc3c(c(N4CCOCC4C)n2)CCN(C(=O)OC(C)(C)C)C3)c1. The number of amides is 3. The Bertz CT molecular complexity index is 1080. The number of aromatic nitrogens is 4. The van der Waals surface area contributed by atoms with E-state index in [-0.39, 0.29) is 18.2 Å². The van der Waals surface area contributed by atoms with E-state index in [1.807, 2.05) is 27.7 Å². The zero-order chi connectivity index (χ0) is 25.2. The smallest absolute Gasteiger partial charge is 0.410 e. The van der Waals surface area contributed by atoms with Gasteiger partial charge in [0.05, 0.1) is 49.6 Å². The predicted octanol–water partition coefficient (Wildman–Crippen LogP) is 2.32. The third-order valence-electron chi connectivity index (χ3n) is 5.71. The van der Waals surface area contributed by atoms with Gasteiger partial charge in [-0.1, -0.05) is 0 Å². The Morgan fingerprint density at radius 3 is 2.77 bits per heavy atom. The normalized spacial score (nSPS) is 18.1. The first kappa shape index (κ1) is 24.7. The molecule has 1 unspecified atom stereocenters. The predicted molar refractivity (Wildman–Crippen MR) is 130 cm³/mol. The Labute approximate surface area is 205 Å². The number of carbonyl (C=O) groups excluding carboxylic acids is 2. The minimum Gasteiger partial charge on any atom is -0.444 e. The molecule has 1 saturated heterocycles. The fourth-order valence-corrected chi connectivity index (χ4v) is 4.09. The van der Waals surface area contributed by atoms with Crippen molar-refractivity contribution in [2.45, 2.75) is 59.2 Å². The van der Waals surface area contributed by atoms with Gasteiger partial charge in [-0.2, -0.15) is 10.1 Å². The second-order valence-corrected chi connectivity index (χ2v) is 9.70. The van der Waals surface area contributed by atoms with Gasteiger partial charge in [0.15, 0.2) is 0 Å². The average molecular weight is 487 g/mol. The first-order valence-electron chi connectivity index (χ1n) is 12.0. The van der Waals surface area contributed by atoms with E-state index in [0.717, 1.165) is 17.1 Å². The maximum Gasteiger partial charge on any atom is 0.410 e. The van der Waals surface area contributed by atoms with Crippen molar-refractivity contribution >= 4 is 23.6 Å². The van der Waals surface area contributed by atoms with Crippen LogP contribution in [0.2, 0.25) is 0 Å². The van der Waals surface area contributed by atoms with Crippen LogP contribution in [0, 0.1) is 0 Å². The zero-order valence-electron chi connectivity index (χ0n) is 21.0. The summed E-state index contributed by atoms with van der Waals surface area (Å²) in [5, 5.41) is 9.78. The van der Waals surface area contributed by atoms with Crippen LogP contribution in [-0.2, 0) is 22.4 Å². The number of fused-ring (bicyclic) bond motifs is 1. The fraction of sp³-hybridized carbons (Fsp3) is 0.609. The molecule has 2 aliphatic rings. The molecule has 12 heteroatoms.